The second-order valence-electron chi connectivity index (χ2n) is 5.42. The van der Waals surface area contributed by atoms with E-state index in [4.69, 9.17) is 14.2 Å². The Balaban J connectivity index is 1.77. The Kier molecular flexibility index (Phi) is 4.54. The fourth-order valence-electron chi connectivity index (χ4n) is 2.08. The summed E-state index contributed by atoms with van der Waals surface area (Å²) in [5, 5.41) is 0. The number of hydrogen-bond acceptors (Lipinski definition) is 5. The van der Waals surface area contributed by atoms with Gasteiger partial charge in [0.25, 0.3) is 0 Å². The van der Waals surface area contributed by atoms with Crippen molar-refractivity contribution < 1.29 is 22.6 Å². The number of hydrogen-bond donors (Lipinski definition) is 0. The second kappa shape index (κ2) is 6.60. The number of benzene rings is 2. The van der Waals surface area contributed by atoms with Crippen LogP contribution < -0.4 is 9.47 Å². The first-order valence-corrected chi connectivity index (χ1v) is 9.17. The zero-order chi connectivity index (χ0) is 16.3. The van der Waals surface area contributed by atoms with Crippen molar-refractivity contribution >= 4 is 9.84 Å². The molecule has 122 valence electrons. The maximum Gasteiger partial charge on any atom is 0.179 e. The van der Waals surface area contributed by atoms with Gasteiger partial charge in [-0.15, -0.1) is 0 Å². The summed E-state index contributed by atoms with van der Waals surface area (Å²) < 4.78 is 40.3. The molecule has 1 aliphatic heterocycles. The van der Waals surface area contributed by atoms with Gasteiger partial charge in [0, 0.05) is 12.3 Å². The zero-order valence-corrected chi connectivity index (χ0v) is 13.6. The molecule has 1 aliphatic rings. The van der Waals surface area contributed by atoms with E-state index in [-0.39, 0.29) is 11.0 Å². The van der Waals surface area contributed by atoms with Crippen molar-refractivity contribution in [1.82, 2.24) is 0 Å². The van der Waals surface area contributed by atoms with Gasteiger partial charge in [-0.25, -0.2) is 8.42 Å². The SMILES string of the molecule is CS(=O)(=O)c1cc(OCC2CO2)ccc1OCc1ccccc1. The van der Waals surface area contributed by atoms with Gasteiger partial charge in [-0.2, -0.15) is 0 Å². The van der Waals surface area contributed by atoms with Crippen LogP contribution in [-0.2, 0) is 21.2 Å². The van der Waals surface area contributed by atoms with E-state index in [1.54, 1.807) is 12.1 Å². The standard InChI is InChI=1S/C17H18O5S/c1-23(18,19)17-9-14(20-11-15-12-21-15)7-8-16(17)22-10-13-5-3-2-4-6-13/h2-9,15H,10-12H2,1H3. The lowest BCUT2D eigenvalue weighted by Crippen LogP contribution is -2.07. The quantitative estimate of drug-likeness (QED) is 0.728. The minimum atomic E-state index is -3.42. The van der Waals surface area contributed by atoms with E-state index in [0.717, 1.165) is 11.8 Å². The zero-order valence-electron chi connectivity index (χ0n) is 12.8. The molecule has 0 N–H and O–H groups in total. The first-order valence-electron chi connectivity index (χ1n) is 7.27. The summed E-state index contributed by atoms with van der Waals surface area (Å²) in [6, 6.07) is 14.4. The molecule has 0 saturated carbocycles. The van der Waals surface area contributed by atoms with Crippen LogP contribution in [0.5, 0.6) is 11.5 Å². The van der Waals surface area contributed by atoms with Gasteiger partial charge in [0.2, 0.25) is 0 Å². The summed E-state index contributed by atoms with van der Waals surface area (Å²) in [6.45, 7) is 1.42. The minimum Gasteiger partial charge on any atom is -0.491 e. The van der Waals surface area contributed by atoms with Gasteiger partial charge in [0.05, 0.1) is 6.61 Å². The monoisotopic (exact) mass is 334 g/mol. The first-order chi connectivity index (χ1) is 11.0. The topological polar surface area (TPSA) is 65.1 Å². The number of sulfone groups is 1. The lowest BCUT2D eigenvalue weighted by Gasteiger charge is -2.12. The Bertz CT molecular complexity index is 767. The maximum absolute atomic E-state index is 12.0. The van der Waals surface area contributed by atoms with E-state index >= 15 is 0 Å². The lowest BCUT2D eigenvalue weighted by molar-refractivity contribution is 0.260. The van der Waals surface area contributed by atoms with Crippen LogP contribution in [-0.4, -0.2) is 34.0 Å². The first kappa shape index (κ1) is 15.8. The molecule has 1 fully saturated rings. The van der Waals surface area contributed by atoms with Gasteiger partial charge in [-0.1, -0.05) is 30.3 Å². The van der Waals surface area contributed by atoms with Crippen molar-refractivity contribution in [2.24, 2.45) is 0 Å². The molecule has 0 bridgehead atoms. The Morgan fingerprint density at radius 2 is 1.87 bits per heavy atom. The largest absolute Gasteiger partial charge is 0.491 e. The molecule has 23 heavy (non-hydrogen) atoms. The summed E-state index contributed by atoms with van der Waals surface area (Å²) in [5.41, 5.74) is 0.971. The van der Waals surface area contributed by atoms with Crippen LogP contribution in [0.1, 0.15) is 5.56 Å². The molecule has 3 rings (SSSR count). The van der Waals surface area contributed by atoms with Gasteiger partial charge in [0.1, 0.15) is 35.7 Å². The molecular formula is C17H18O5S. The van der Waals surface area contributed by atoms with Crippen molar-refractivity contribution in [2.75, 3.05) is 19.5 Å². The predicted molar refractivity (Wildman–Crippen MR) is 85.6 cm³/mol. The highest BCUT2D eigenvalue weighted by Gasteiger charge is 2.23. The molecule has 2 aromatic carbocycles. The predicted octanol–water partition coefficient (Wildman–Crippen LogP) is 2.45. The number of rotatable bonds is 7. The van der Waals surface area contributed by atoms with Crippen molar-refractivity contribution in [3.8, 4) is 11.5 Å². The second-order valence-corrected chi connectivity index (χ2v) is 7.41. The van der Waals surface area contributed by atoms with Crippen LogP contribution in [0.25, 0.3) is 0 Å². The average molecular weight is 334 g/mol. The fourth-order valence-corrected chi connectivity index (χ4v) is 2.90. The van der Waals surface area contributed by atoms with Crippen LogP contribution in [0.2, 0.25) is 0 Å². The lowest BCUT2D eigenvalue weighted by atomic mass is 10.2. The average Bonchev–Trinajstić information content (AvgIpc) is 3.36. The van der Waals surface area contributed by atoms with Crippen LogP contribution in [0.3, 0.4) is 0 Å². The highest BCUT2D eigenvalue weighted by molar-refractivity contribution is 7.90. The van der Waals surface area contributed by atoms with Crippen molar-refractivity contribution in [1.29, 1.82) is 0 Å². The summed E-state index contributed by atoms with van der Waals surface area (Å²) in [6.07, 6.45) is 1.27. The van der Waals surface area contributed by atoms with Gasteiger partial charge in [-0.3, -0.25) is 0 Å². The molecule has 0 amide bonds. The van der Waals surface area contributed by atoms with E-state index in [1.165, 1.54) is 6.07 Å². The van der Waals surface area contributed by atoms with E-state index in [9.17, 15) is 8.42 Å². The molecule has 2 aromatic rings. The summed E-state index contributed by atoms with van der Waals surface area (Å²) >= 11 is 0. The van der Waals surface area contributed by atoms with Gasteiger partial charge in [-0.05, 0) is 17.7 Å². The van der Waals surface area contributed by atoms with E-state index in [0.29, 0.717) is 31.3 Å². The third-order valence-corrected chi connectivity index (χ3v) is 4.51. The van der Waals surface area contributed by atoms with Crippen LogP contribution >= 0.6 is 0 Å². The van der Waals surface area contributed by atoms with Crippen molar-refractivity contribution in [3.05, 3.63) is 54.1 Å². The molecule has 1 saturated heterocycles. The highest BCUT2D eigenvalue weighted by atomic mass is 32.2. The Morgan fingerprint density at radius 3 is 2.52 bits per heavy atom. The summed E-state index contributed by atoms with van der Waals surface area (Å²) in [4.78, 5) is 0.127. The molecule has 0 radical (unpaired) electrons. The van der Waals surface area contributed by atoms with Crippen molar-refractivity contribution in [2.45, 2.75) is 17.6 Å². The van der Waals surface area contributed by atoms with Crippen LogP contribution in [0, 0.1) is 0 Å². The van der Waals surface area contributed by atoms with Gasteiger partial charge >= 0.3 is 0 Å². The minimum absolute atomic E-state index is 0.116. The van der Waals surface area contributed by atoms with Gasteiger partial charge in [0.15, 0.2) is 9.84 Å². The number of epoxide rings is 1. The molecule has 0 spiro atoms. The van der Waals surface area contributed by atoms with Crippen LogP contribution in [0.15, 0.2) is 53.4 Å². The van der Waals surface area contributed by atoms with Crippen molar-refractivity contribution in [3.63, 3.8) is 0 Å². The normalized spacial score (nSPS) is 16.8. The van der Waals surface area contributed by atoms with Crippen LogP contribution in [0.4, 0.5) is 0 Å². The molecule has 1 heterocycles. The van der Waals surface area contributed by atoms with E-state index in [2.05, 4.69) is 0 Å². The van der Waals surface area contributed by atoms with Gasteiger partial charge < -0.3 is 14.2 Å². The molecule has 5 nitrogen and oxygen atoms in total. The third kappa shape index (κ3) is 4.46. The maximum atomic E-state index is 12.0. The molecule has 1 atom stereocenters. The Labute approximate surface area is 135 Å². The third-order valence-electron chi connectivity index (χ3n) is 3.39. The number of ether oxygens (including phenoxy) is 3. The molecular weight excluding hydrogens is 316 g/mol. The van der Waals surface area contributed by atoms with E-state index < -0.39 is 9.84 Å². The Hall–Kier alpha value is -2.05. The summed E-state index contributed by atoms with van der Waals surface area (Å²) in [7, 11) is -3.42. The molecule has 1 unspecified atom stereocenters. The van der Waals surface area contributed by atoms with E-state index in [1.807, 2.05) is 30.3 Å². The molecule has 0 aromatic heterocycles. The summed E-state index contributed by atoms with van der Waals surface area (Å²) in [5.74, 6) is 0.819. The fraction of sp³-hybridized carbons (Fsp3) is 0.294. The highest BCUT2D eigenvalue weighted by Crippen LogP contribution is 2.29. The molecule has 6 heteroatoms. The Morgan fingerprint density at radius 1 is 1.13 bits per heavy atom. The molecule has 0 aliphatic carbocycles. The smallest absolute Gasteiger partial charge is 0.179 e.